The Hall–Kier alpha value is -1.45. The maximum atomic E-state index is 14.7. The molecule has 0 aromatic carbocycles. The first-order valence-corrected chi connectivity index (χ1v) is 7.07. The van der Waals surface area contributed by atoms with Gasteiger partial charge in [-0.2, -0.15) is 0 Å². The smallest absolute Gasteiger partial charge is 0.226 e. The number of nitrogens with two attached hydrogens (primary N) is 1. The molecule has 2 N–H and O–H groups in total. The number of carbonyl (C=O) groups excluding carboxylic acids is 1. The monoisotopic (exact) mass is 280 g/mol. The Morgan fingerprint density at radius 1 is 1.55 bits per heavy atom. The van der Waals surface area contributed by atoms with Crippen molar-refractivity contribution in [2.45, 2.75) is 52.2 Å². The number of hydrogen-bond acceptors (Lipinski definition) is 2. The summed E-state index contributed by atoms with van der Waals surface area (Å²) in [6, 6.07) is -0.414. The van der Waals surface area contributed by atoms with Crippen LogP contribution >= 0.6 is 0 Å². The van der Waals surface area contributed by atoms with Crippen molar-refractivity contribution in [1.29, 1.82) is 0 Å². The van der Waals surface area contributed by atoms with Gasteiger partial charge in [-0.1, -0.05) is 25.7 Å². The SMILES string of the molecule is C=C/C=C(\C)C(=NC1CCC(C)C1(C)F)C(C)C(N)=O. The second-order valence-corrected chi connectivity index (χ2v) is 5.87. The first-order chi connectivity index (χ1) is 9.21. The van der Waals surface area contributed by atoms with Crippen molar-refractivity contribution in [1.82, 2.24) is 0 Å². The molecule has 0 aromatic heterocycles. The molecule has 0 radical (unpaired) electrons. The molecule has 0 spiro atoms. The van der Waals surface area contributed by atoms with Gasteiger partial charge in [-0.05, 0) is 45.1 Å². The van der Waals surface area contributed by atoms with Crippen molar-refractivity contribution >= 4 is 11.6 Å². The van der Waals surface area contributed by atoms with Gasteiger partial charge in [0.2, 0.25) is 5.91 Å². The van der Waals surface area contributed by atoms with E-state index in [9.17, 15) is 9.18 Å². The Morgan fingerprint density at radius 2 is 2.15 bits per heavy atom. The number of hydrogen-bond donors (Lipinski definition) is 1. The Labute approximate surface area is 120 Å². The third kappa shape index (κ3) is 3.35. The average molecular weight is 280 g/mol. The van der Waals surface area contributed by atoms with E-state index < -0.39 is 23.5 Å². The maximum Gasteiger partial charge on any atom is 0.226 e. The third-order valence-electron chi connectivity index (χ3n) is 4.39. The van der Waals surface area contributed by atoms with Crippen molar-refractivity contribution in [3.05, 3.63) is 24.3 Å². The van der Waals surface area contributed by atoms with Gasteiger partial charge in [-0.25, -0.2) is 4.39 Å². The highest BCUT2D eigenvalue weighted by Gasteiger charge is 2.45. The Kier molecular flexibility index (Phi) is 5.26. The number of nitrogens with zero attached hydrogens (tertiary/aromatic N) is 1. The molecule has 0 heterocycles. The highest BCUT2D eigenvalue weighted by molar-refractivity contribution is 6.12. The standard InChI is InChI=1S/C16H25FN2O/c1-6-7-10(2)14(12(4)15(18)20)19-13-9-8-11(3)16(13,5)17/h6-7,11-13H,1,8-9H2,2-5H3,(H2,18,20)/b10-7+,19-14?. The largest absolute Gasteiger partial charge is 0.369 e. The molecular formula is C16H25FN2O. The van der Waals surface area contributed by atoms with Crippen LogP contribution in [0.25, 0.3) is 0 Å². The molecule has 20 heavy (non-hydrogen) atoms. The lowest BCUT2D eigenvalue weighted by atomic mass is 9.92. The molecular weight excluding hydrogens is 255 g/mol. The molecule has 1 aliphatic carbocycles. The van der Waals surface area contributed by atoms with Gasteiger partial charge in [0.05, 0.1) is 17.7 Å². The molecule has 0 saturated heterocycles. The minimum absolute atomic E-state index is 0.0231. The fraction of sp³-hybridized carbons (Fsp3) is 0.625. The summed E-state index contributed by atoms with van der Waals surface area (Å²) in [7, 11) is 0. The molecule has 112 valence electrons. The summed E-state index contributed by atoms with van der Waals surface area (Å²) >= 11 is 0. The predicted octanol–water partition coefficient (Wildman–Crippen LogP) is 3.21. The van der Waals surface area contributed by atoms with Gasteiger partial charge in [0.1, 0.15) is 5.67 Å². The molecule has 0 aliphatic heterocycles. The molecule has 4 atom stereocenters. The van der Waals surface area contributed by atoms with Crippen LogP contribution < -0.4 is 5.73 Å². The van der Waals surface area contributed by atoms with Crippen LogP contribution in [0.1, 0.15) is 40.5 Å². The molecule has 4 unspecified atom stereocenters. The molecule has 1 fully saturated rings. The molecule has 0 aromatic rings. The number of aliphatic imine (C=N–C) groups is 1. The number of carbonyl (C=O) groups is 1. The van der Waals surface area contributed by atoms with Gasteiger partial charge in [-0.15, -0.1) is 0 Å². The van der Waals surface area contributed by atoms with Crippen molar-refractivity contribution in [2.24, 2.45) is 22.6 Å². The number of amides is 1. The minimum atomic E-state index is -1.34. The summed E-state index contributed by atoms with van der Waals surface area (Å²) in [5.74, 6) is -1.00. The second-order valence-electron chi connectivity index (χ2n) is 5.87. The van der Waals surface area contributed by atoms with Gasteiger partial charge in [0.25, 0.3) is 0 Å². The van der Waals surface area contributed by atoms with E-state index in [0.29, 0.717) is 12.1 Å². The van der Waals surface area contributed by atoms with Crippen molar-refractivity contribution in [3.8, 4) is 0 Å². The lowest BCUT2D eigenvalue weighted by Gasteiger charge is -2.25. The highest BCUT2D eigenvalue weighted by atomic mass is 19.1. The van der Waals surface area contributed by atoms with Crippen LogP contribution in [0.3, 0.4) is 0 Å². The van der Waals surface area contributed by atoms with E-state index in [2.05, 4.69) is 11.6 Å². The van der Waals surface area contributed by atoms with Crippen LogP contribution in [0.2, 0.25) is 0 Å². The summed E-state index contributed by atoms with van der Waals surface area (Å²) in [5.41, 5.74) is 5.41. The van der Waals surface area contributed by atoms with E-state index in [1.54, 1.807) is 26.0 Å². The lowest BCUT2D eigenvalue weighted by molar-refractivity contribution is -0.119. The summed E-state index contributed by atoms with van der Waals surface area (Å²) < 4.78 is 14.7. The van der Waals surface area contributed by atoms with E-state index in [1.165, 1.54) is 0 Å². The van der Waals surface area contributed by atoms with Crippen LogP contribution in [0, 0.1) is 11.8 Å². The molecule has 1 rings (SSSR count). The minimum Gasteiger partial charge on any atom is -0.369 e. The summed E-state index contributed by atoms with van der Waals surface area (Å²) in [6.45, 7) is 10.7. The highest BCUT2D eigenvalue weighted by Crippen LogP contribution is 2.41. The van der Waals surface area contributed by atoms with E-state index in [4.69, 9.17) is 5.73 Å². The van der Waals surface area contributed by atoms with Crippen molar-refractivity contribution < 1.29 is 9.18 Å². The lowest BCUT2D eigenvalue weighted by Crippen LogP contribution is -2.36. The second kappa shape index (κ2) is 6.33. The Balaban J connectivity index is 3.17. The zero-order chi connectivity index (χ0) is 15.5. The number of primary amides is 1. The van der Waals surface area contributed by atoms with Crippen molar-refractivity contribution in [2.75, 3.05) is 0 Å². The van der Waals surface area contributed by atoms with E-state index in [1.807, 2.05) is 13.8 Å². The first kappa shape index (κ1) is 16.6. The zero-order valence-corrected chi connectivity index (χ0v) is 12.8. The number of rotatable bonds is 5. The van der Waals surface area contributed by atoms with Gasteiger partial charge in [-0.3, -0.25) is 9.79 Å². The topological polar surface area (TPSA) is 55.4 Å². The Morgan fingerprint density at radius 3 is 2.55 bits per heavy atom. The van der Waals surface area contributed by atoms with Gasteiger partial charge in [0, 0.05) is 0 Å². The number of alkyl halides is 1. The zero-order valence-electron chi connectivity index (χ0n) is 12.8. The van der Waals surface area contributed by atoms with Crippen LogP contribution in [-0.4, -0.2) is 23.3 Å². The average Bonchev–Trinajstić information content (AvgIpc) is 2.61. The van der Waals surface area contributed by atoms with Crippen LogP contribution in [-0.2, 0) is 4.79 Å². The van der Waals surface area contributed by atoms with E-state index in [0.717, 1.165) is 12.0 Å². The first-order valence-electron chi connectivity index (χ1n) is 7.07. The molecule has 1 amide bonds. The molecule has 1 aliphatic rings. The summed E-state index contributed by atoms with van der Waals surface area (Å²) in [4.78, 5) is 16.0. The van der Waals surface area contributed by atoms with Crippen LogP contribution in [0.4, 0.5) is 4.39 Å². The van der Waals surface area contributed by atoms with Crippen LogP contribution in [0.15, 0.2) is 29.3 Å². The Bertz CT molecular complexity index is 451. The van der Waals surface area contributed by atoms with Gasteiger partial charge in [0.15, 0.2) is 0 Å². The quantitative estimate of drug-likeness (QED) is 0.610. The molecule has 3 nitrogen and oxygen atoms in total. The number of halogens is 1. The predicted molar refractivity (Wildman–Crippen MR) is 81.4 cm³/mol. The third-order valence-corrected chi connectivity index (χ3v) is 4.39. The van der Waals surface area contributed by atoms with Crippen LogP contribution in [0.5, 0.6) is 0 Å². The van der Waals surface area contributed by atoms with Gasteiger partial charge < -0.3 is 5.73 Å². The fourth-order valence-electron chi connectivity index (χ4n) is 2.61. The number of allylic oxidation sites excluding steroid dienone is 3. The van der Waals surface area contributed by atoms with Crippen molar-refractivity contribution in [3.63, 3.8) is 0 Å². The maximum absolute atomic E-state index is 14.7. The molecule has 4 heteroatoms. The summed E-state index contributed by atoms with van der Waals surface area (Å²) in [5, 5.41) is 0. The van der Waals surface area contributed by atoms with Gasteiger partial charge >= 0.3 is 0 Å². The fourth-order valence-corrected chi connectivity index (χ4v) is 2.61. The van der Waals surface area contributed by atoms with E-state index in [-0.39, 0.29) is 5.92 Å². The van der Waals surface area contributed by atoms with E-state index >= 15 is 0 Å². The summed E-state index contributed by atoms with van der Waals surface area (Å²) in [6.07, 6.45) is 4.91. The molecule has 0 bridgehead atoms. The normalized spacial score (nSPS) is 33.0. The molecule has 1 saturated carbocycles.